The maximum atomic E-state index is 12.1. The normalized spacial score (nSPS) is 21.1. The Labute approximate surface area is 134 Å². The van der Waals surface area contributed by atoms with Crippen molar-refractivity contribution in [3.8, 4) is 12.3 Å². The van der Waals surface area contributed by atoms with Gasteiger partial charge in [-0.2, -0.15) is 10.2 Å². The highest BCUT2D eigenvalue weighted by Crippen LogP contribution is 2.35. The quantitative estimate of drug-likeness (QED) is 0.728. The van der Waals surface area contributed by atoms with Gasteiger partial charge in [0, 0.05) is 32.4 Å². The number of amides is 1. The van der Waals surface area contributed by atoms with Crippen molar-refractivity contribution in [1.82, 2.24) is 20.3 Å². The Hall–Kier alpha value is -2.27. The van der Waals surface area contributed by atoms with Gasteiger partial charge >= 0.3 is 0 Å². The fourth-order valence-corrected chi connectivity index (χ4v) is 2.62. The van der Waals surface area contributed by atoms with Gasteiger partial charge in [-0.15, -0.1) is 17.4 Å². The summed E-state index contributed by atoms with van der Waals surface area (Å²) in [4.78, 5) is 12.1. The van der Waals surface area contributed by atoms with Crippen molar-refractivity contribution in [3.05, 3.63) is 11.9 Å². The van der Waals surface area contributed by atoms with Crippen LogP contribution in [0.3, 0.4) is 0 Å². The molecule has 1 amide bonds. The van der Waals surface area contributed by atoms with E-state index in [2.05, 4.69) is 31.8 Å². The van der Waals surface area contributed by atoms with Gasteiger partial charge in [0.15, 0.2) is 11.4 Å². The SMILES string of the molecule is C#CCCC1(CCNC(=O)c2cn(CC3CCCO3)nn2)N=N1. The number of hydrogen-bond acceptors (Lipinski definition) is 6. The van der Waals surface area contributed by atoms with Crippen LogP contribution in [0.1, 0.15) is 42.6 Å². The van der Waals surface area contributed by atoms with Crippen LogP contribution < -0.4 is 5.32 Å². The molecule has 0 saturated carbocycles. The van der Waals surface area contributed by atoms with E-state index >= 15 is 0 Å². The topological polar surface area (TPSA) is 93.8 Å². The van der Waals surface area contributed by atoms with Crippen LogP contribution in [0.25, 0.3) is 0 Å². The average Bonchev–Trinajstić information content (AvgIpc) is 2.94. The van der Waals surface area contributed by atoms with Gasteiger partial charge in [0.2, 0.25) is 0 Å². The number of nitrogens with zero attached hydrogens (tertiary/aromatic N) is 5. The Morgan fingerprint density at radius 3 is 3.09 bits per heavy atom. The van der Waals surface area contributed by atoms with Crippen LogP contribution in [-0.2, 0) is 11.3 Å². The van der Waals surface area contributed by atoms with E-state index in [1.807, 2.05) is 0 Å². The summed E-state index contributed by atoms with van der Waals surface area (Å²) in [6.07, 6.45) is 11.2. The predicted octanol–water partition coefficient (Wildman–Crippen LogP) is 1.15. The van der Waals surface area contributed by atoms with Crippen LogP contribution in [0.15, 0.2) is 16.4 Å². The first-order valence-corrected chi connectivity index (χ1v) is 7.88. The second kappa shape index (κ2) is 6.87. The third-order valence-electron chi connectivity index (χ3n) is 4.05. The molecule has 1 N–H and O–H groups in total. The van der Waals surface area contributed by atoms with Gasteiger partial charge in [-0.1, -0.05) is 5.21 Å². The van der Waals surface area contributed by atoms with Crippen molar-refractivity contribution in [2.24, 2.45) is 10.2 Å². The molecule has 0 spiro atoms. The van der Waals surface area contributed by atoms with E-state index < -0.39 is 0 Å². The molecule has 0 aromatic carbocycles. The fraction of sp³-hybridized carbons (Fsp3) is 0.667. The Kier molecular flexibility index (Phi) is 4.67. The molecule has 1 saturated heterocycles. The predicted molar refractivity (Wildman–Crippen MR) is 81.6 cm³/mol. The van der Waals surface area contributed by atoms with Gasteiger partial charge in [0.05, 0.1) is 18.8 Å². The van der Waals surface area contributed by atoms with Crippen molar-refractivity contribution in [3.63, 3.8) is 0 Å². The van der Waals surface area contributed by atoms with Crippen LogP contribution in [0.4, 0.5) is 0 Å². The highest BCUT2D eigenvalue weighted by Gasteiger charge is 2.38. The standard InChI is InChI=1S/C15H20N6O2/c1-2-3-6-15(18-19-15)7-8-16-14(22)13-11-21(20-17-13)10-12-5-4-9-23-12/h1,11-12H,3-10H2,(H,16,22). The van der Waals surface area contributed by atoms with E-state index in [0.717, 1.165) is 25.9 Å². The lowest BCUT2D eigenvalue weighted by Gasteiger charge is -2.09. The third-order valence-corrected chi connectivity index (χ3v) is 4.05. The van der Waals surface area contributed by atoms with E-state index in [1.165, 1.54) is 0 Å². The molecular weight excluding hydrogens is 296 g/mol. The molecule has 23 heavy (non-hydrogen) atoms. The lowest BCUT2D eigenvalue weighted by molar-refractivity contribution is 0.0929. The highest BCUT2D eigenvalue weighted by molar-refractivity contribution is 5.91. The second-order valence-corrected chi connectivity index (χ2v) is 5.85. The van der Waals surface area contributed by atoms with E-state index in [9.17, 15) is 4.79 Å². The minimum absolute atomic E-state index is 0.168. The van der Waals surface area contributed by atoms with Gasteiger partial charge in [0.1, 0.15) is 0 Å². The lowest BCUT2D eigenvalue weighted by Crippen LogP contribution is -2.28. The summed E-state index contributed by atoms with van der Waals surface area (Å²) < 4.78 is 7.20. The number of terminal acetylenes is 1. The first-order chi connectivity index (χ1) is 11.2. The molecule has 3 rings (SSSR count). The smallest absolute Gasteiger partial charge is 0.273 e. The van der Waals surface area contributed by atoms with Crippen molar-refractivity contribution in [2.75, 3.05) is 13.2 Å². The Morgan fingerprint density at radius 1 is 1.52 bits per heavy atom. The molecule has 0 bridgehead atoms. The Bertz CT molecular complexity index is 620. The fourth-order valence-electron chi connectivity index (χ4n) is 2.62. The second-order valence-electron chi connectivity index (χ2n) is 5.85. The van der Waals surface area contributed by atoms with Gasteiger partial charge in [0.25, 0.3) is 5.91 Å². The summed E-state index contributed by atoms with van der Waals surface area (Å²) in [6.45, 7) is 1.91. The van der Waals surface area contributed by atoms with E-state index in [4.69, 9.17) is 11.2 Å². The zero-order valence-electron chi connectivity index (χ0n) is 12.9. The van der Waals surface area contributed by atoms with Crippen LogP contribution in [0.2, 0.25) is 0 Å². The highest BCUT2D eigenvalue weighted by atomic mass is 16.5. The van der Waals surface area contributed by atoms with E-state index in [1.54, 1.807) is 10.9 Å². The number of aromatic nitrogens is 3. The number of nitrogens with one attached hydrogen (secondary N) is 1. The first-order valence-electron chi connectivity index (χ1n) is 7.88. The Morgan fingerprint density at radius 2 is 2.39 bits per heavy atom. The molecule has 2 aliphatic rings. The third kappa shape index (κ3) is 4.13. The summed E-state index contributed by atoms with van der Waals surface area (Å²) in [5.41, 5.74) is -0.0674. The molecule has 1 atom stereocenters. The molecule has 8 heteroatoms. The van der Waals surface area contributed by atoms with Crippen LogP contribution in [0.5, 0.6) is 0 Å². The van der Waals surface area contributed by atoms with Gasteiger partial charge in [-0.05, 0) is 12.8 Å². The molecule has 122 valence electrons. The molecule has 0 radical (unpaired) electrons. The minimum atomic E-state index is -0.378. The van der Waals surface area contributed by atoms with Crippen molar-refractivity contribution in [2.45, 2.75) is 50.4 Å². The number of hydrogen-bond donors (Lipinski definition) is 1. The summed E-state index contributed by atoms with van der Waals surface area (Å²) in [5.74, 6) is 2.34. The summed E-state index contributed by atoms with van der Waals surface area (Å²) in [5, 5.41) is 18.8. The summed E-state index contributed by atoms with van der Waals surface area (Å²) in [7, 11) is 0. The molecule has 1 aromatic rings. The molecular formula is C15H20N6O2. The van der Waals surface area contributed by atoms with Gasteiger partial charge in [-0.3, -0.25) is 4.79 Å². The molecule has 1 unspecified atom stereocenters. The monoisotopic (exact) mass is 316 g/mol. The Balaban J connectivity index is 1.42. The van der Waals surface area contributed by atoms with Gasteiger partial charge in [-0.25, -0.2) is 4.68 Å². The molecule has 3 heterocycles. The first kappa shape index (κ1) is 15.6. The summed E-state index contributed by atoms with van der Waals surface area (Å²) in [6, 6.07) is 0. The maximum Gasteiger partial charge on any atom is 0.273 e. The molecule has 8 nitrogen and oxygen atoms in total. The van der Waals surface area contributed by atoms with Crippen LogP contribution >= 0.6 is 0 Å². The molecule has 1 fully saturated rings. The maximum absolute atomic E-state index is 12.1. The molecule has 2 aliphatic heterocycles. The van der Waals surface area contributed by atoms with Crippen molar-refractivity contribution in [1.29, 1.82) is 0 Å². The van der Waals surface area contributed by atoms with Crippen LogP contribution in [0, 0.1) is 12.3 Å². The number of ether oxygens (including phenoxy) is 1. The van der Waals surface area contributed by atoms with Crippen molar-refractivity contribution < 1.29 is 9.53 Å². The largest absolute Gasteiger partial charge is 0.376 e. The van der Waals surface area contributed by atoms with E-state index in [-0.39, 0.29) is 17.7 Å². The number of carbonyl (C=O) groups excluding carboxylic acids is 1. The molecule has 1 aromatic heterocycles. The number of rotatable bonds is 8. The van der Waals surface area contributed by atoms with Crippen LogP contribution in [-0.4, -0.2) is 45.8 Å². The lowest BCUT2D eigenvalue weighted by atomic mass is 10.0. The average molecular weight is 316 g/mol. The zero-order chi connectivity index (χ0) is 16.1. The number of carbonyl (C=O) groups is 1. The molecule has 0 aliphatic carbocycles. The van der Waals surface area contributed by atoms with E-state index in [0.29, 0.717) is 31.6 Å². The van der Waals surface area contributed by atoms with Crippen molar-refractivity contribution >= 4 is 5.91 Å². The van der Waals surface area contributed by atoms with Gasteiger partial charge < -0.3 is 10.1 Å². The zero-order valence-corrected chi connectivity index (χ0v) is 12.9. The minimum Gasteiger partial charge on any atom is -0.376 e. The summed E-state index contributed by atoms with van der Waals surface area (Å²) >= 11 is 0.